The van der Waals surface area contributed by atoms with Crippen molar-refractivity contribution in [3.8, 4) is 0 Å². The number of rotatable bonds is 6. The highest BCUT2D eigenvalue weighted by atomic mass is 16.7. The topological polar surface area (TPSA) is 47.9 Å². The Bertz CT molecular complexity index is 197. The molecule has 0 aromatic heterocycles. The Hall–Kier alpha value is -0.580. The Morgan fingerprint density at radius 3 is 2.53 bits per heavy atom. The van der Waals surface area contributed by atoms with Gasteiger partial charge in [0.2, 0.25) is 0 Å². The maximum Gasteiger partial charge on any atom is 0.190 e. The van der Waals surface area contributed by atoms with E-state index in [4.69, 9.17) is 14.2 Å². The van der Waals surface area contributed by atoms with E-state index in [1.807, 2.05) is 19.9 Å². The molecule has 0 aliphatic carbocycles. The third-order valence-corrected chi connectivity index (χ3v) is 2.17. The lowest BCUT2D eigenvalue weighted by molar-refractivity contribution is -0.188. The minimum atomic E-state index is -0.815. The van der Waals surface area contributed by atoms with Gasteiger partial charge in [0.25, 0.3) is 0 Å². The van der Waals surface area contributed by atoms with Gasteiger partial charge in [-0.3, -0.25) is 0 Å². The number of hydrogen-bond acceptors (Lipinski definition) is 4. The Morgan fingerprint density at radius 1 is 1.40 bits per heavy atom. The van der Waals surface area contributed by atoms with Gasteiger partial charge in [-0.1, -0.05) is 0 Å². The van der Waals surface area contributed by atoms with Crippen molar-refractivity contribution in [3.63, 3.8) is 0 Å². The summed E-state index contributed by atoms with van der Waals surface area (Å²) >= 11 is 0. The second-order valence-electron chi connectivity index (χ2n) is 3.32. The molecule has 1 aliphatic rings. The van der Waals surface area contributed by atoms with Crippen LogP contribution in [-0.4, -0.2) is 37.3 Å². The molecular formula is C11H20O4. The highest BCUT2D eigenvalue weighted by Gasteiger charge is 2.25. The second-order valence-corrected chi connectivity index (χ2v) is 3.32. The van der Waals surface area contributed by atoms with E-state index in [0.29, 0.717) is 25.6 Å². The Morgan fingerprint density at radius 2 is 2.07 bits per heavy atom. The molecule has 4 nitrogen and oxygen atoms in total. The first-order chi connectivity index (χ1) is 7.29. The fourth-order valence-corrected chi connectivity index (χ4v) is 1.48. The van der Waals surface area contributed by atoms with Crippen LogP contribution in [0.4, 0.5) is 0 Å². The van der Waals surface area contributed by atoms with Gasteiger partial charge >= 0.3 is 0 Å². The molecule has 88 valence electrons. The summed E-state index contributed by atoms with van der Waals surface area (Å²) in [6, 6.07) is 0. The van der Waals surface area contributed by atoms with Crippen LogP contribution >= 0.6 is 0 Å². The van der Waals surface area contributed by atoms with Crippen molar-refractivity contribution in [3.05, 3.63) is 11.8 Å². The highest BCUT2D eigenvalue weighted by molar-refractivity contribution is 5.03. The molecule has 0 spiro atoms. The summed E-state index contributed by atoms with van der Waals surface area (Å²) in [6.45, 7) is 5.42. The van der Waals surface area contributed by atoms with Crippen LogP contribution in [0.5, 0.6) is 0 Å². The Labute approximate surface area is 90.8 Å². The molecule has 15 heavy (non-hydrogen) atoms. The SMILES string of the molecule is CCOC(OCC)C(O)C1=CCCCO1. The average Bonchev–Trinajstić information content (AvgIpc) is 2.29. The first-order valence-corrected chi connectivity index (χ1v) is 5.53. The van der Waals surface area contributed by atoms with E-state index >= 15 is 0 Å². The fourth-order valence-electron chi connectivity index (χ4n) is 1.48. The van der Waals surface area contributed by atoms with Crippen LogP contribution in [0.25, 0.3) is 0 Å². The molecule has 0 saturated carbocycles. The van der Waals surface area contributed by atoms with Crippen LogP contribution in [0.1, 0.15) is 26.7 Å². The summed E-state index contributed by atoms with van der Waals surface area (Å²) < 4.78 is 16.0. The summed E-state index contributed by atoms with van der Waals surface area (Å²) in [5.74, 6) is 0.577. The van der Waals surface area contributed by atoms with E-state index in [1.54, 1.807) is 0 Å². The first kappa shape index (κ1) is 12.5. The van der Waals surface area contributed by atoms with Crippen molar-refractivity contribution in [2.75, 3.05) is 19.8 Å². The smallest absolute Gasteiger partial charge is 0.190 e. The van der Waals surface area contributed by atoms with E-state index in [-0.39, 0.29) is 0 Å². The molecule has 1 aliphatic heterocycles. The van der Waals surface area contributed by atoms with Crippen LogP contribution in [0.2, 0.25) is 0 Å². The molecular weight excluding hydrogens is 196 g/mol. The maximum absolute atomic E-state index is 9.95. The summed E-state index contributed by atoms with van der Waals surface area (Å²) in [7, 11) is 0. The maximum atomic E-state index is 9.95. The van der Waals surface area contributed by atoms with Gasteiger partial charge < -0.3 is 19.3 Å². The van der Waals surface area contributed by atoms with Crippen LogP contribution < -0.4 is 0 Å². The molecule has 1 atom stereocenters. The quantitative estimate of drug-likeness (QED) is 0.682. The van der Waals surface area contributed by atoms with Crippen LogP contribution in [0, 0.1) is 0 Å². The number of allylic oxidation sites excluding steroid dienone is 1. The molecule has 4 heteroatoms. The average molecular weight is 216 g/mol. The zero-order valence-corrected chi connectivity index (χ0v) is 9.44. The molecule has 0 saturated heterocycles. The van der Waals surface area contributed by atoms with E-state index in [9.17, 15) is 5.11 Å². The highest BCUT2D eigenvalue weighted by Crippen LogP contribution is 2.18. The lowest BCUT2D eigenvalue weighted by Gasteiger charge is -2.26. The van der Waals surface area contributed by atoms with Crippen molar-refractivity contribution < 1.29 is 19.3 Å². The Balaban J connectivity index is 2.52. The van der Waals surface area contributed by atoms with Crippen molar-refractivity contribution in [1.82, 2.24) is 0 Å². The van der Waals surface area contributed by atoms with E-state index in [0.717, 1.165) is 12.8 Å². The van der Waals surface area contributed by atoms with Crippen LogP contribution in [0.3, 0.4) is 0 Å². The predicted molar refractivity (Wildman–Crippen MR) is 56.3 cm³/mol. The predicted octanol–water partition coefficient (Wildman–Crippen LogP) is 1.44. The first-order valence-electron chi connectivity index (χ1n) is 5.53. The summed E-state index contributed by atoms with van der Waals surface area (Å²) in [5, 5.41) is 9.95. The molecule has 0 fully saturated rings. The van der Waals surface area contributed by atoms with E-state index in [1.165, 1.54) is 0 Å². The molecule has 0 amide bonds. The van der Waals surface area contributed by atoms with E-state index in [2.05, 4.69) is 0 Å². The summed E-state index contributed by atoms with van der Waals surface area (Å²) in [4.78, 5) is 0. The van der Waals surface area contributed by atoms with Crippen molar-refractivity contribution >= 4 is 0 Å². The van der Waals surface area contributed by atoms with Gasteiger partial charge in [-0.15, -0.1) is 0 Å². The largest absolute Gasteiger partial charge is 0.495 e. The molecule has 1 heterocycles. The zero-order valence-electron chi connectivity index (χ0n) is 9.44. The molecule has 0 aromatic carbocycles. The summed E-state index contributed by atoms with van der Waals surface area (Å²) in [6.07, 6.45) is 2.41. The monoisotopic (exact) mass is 216 g/mol. The minimum absolute atomic E-state index is 0.509. The normalized spacial score (nSPS) is 18.5. The Kier molecular flexibility index (Phi) is 5.68. The van der Waals surface area contributed by atoms with Gasteiger partial charge in [-0.25, -0.2) is 0 Å². The molecule has 0 radical (unpaired) electrons. The van der Waals surface area contributed by atoms with Crippen LogP contribution in [-0.2, 0) is 14.2 Å². The van der Waals surface area contributed by atoms with Crippen molar-refractivity contribution in [2.24, 2.45) is 0 Å². The zero-order chi connectivity index (χ0) is 11.1. The van der Waals surface area contributed by atoms with Gasteiger partial charge in [0.15, 0.2) is 12.4 Å². The van der Waals surface area contributed by atoms with Crippen molar-refractivity contribution in [2.45, 2.75) is 39.1 Å². The number of aliphatic hydroxyl groups excluding tert-OH is 1. The summed E-state index contributed by atoms with van der Waals surface area (Å²) in [5.41, 5.74) is 0. The van der Waals surface area contributed by atoms with Gasteiger partial charge in [0, 0.05) is 13.2 Å². The second kappa shape index (κ2) is 6.82. The van der Waals surface area contributed by atoms with Crippen LogP contribution in [0.15, 0.2) is 11.8 Å². The van der Waals surface area contributed by atoms with Gasteiger partial charge in [0.05, 0.1) is 6.61 Å². The lowest BCUT2D eigenvalue weighted by atomic mass is 10.2. The van der Waals surface area contributed by atoms with Crippen molar-refractivity contribution in [1.29, 1.82) is 0 Å². The number of ether oxygens (including phenoxy) is 3. The fraction of sp³-hybridized carbons (Fsp3) is 0.818. The lowest BCUT2D eigenvalue weighted by Crippen LogP contribution is -2.35. The number of hydrogen-bond donors (Lipinski definition) is 1. The molecule has 0 aromatic rings. The van der Waals surface area contributed by atoms with Gasteiger partial charge in [-0.05, 0) is 32.8 Å². The third kappa shape index (κ3) is 3.81. The molecule has 1 unspecified atom stereocenters. The molecule has 1 N–H and O–H groups in total. The third-order valence-electron chi connectivity index (χ3n) is 2.17. The molecule has 0 bridgehead atoms. The van der Waals surface area contributed by atoms with E-state index < -0.39 is 12.4 Å². The minimum Gasteiger partial charge on any atom is -0.495 e. The molecule has 1 rings (SSSR count). The van der Waals surface area contributed by atoms with Gasteiger partial charge in [0.1, 0.15) is 5.76 Å². The van der Waals surface area contributed by atoms with Gasteiger partial charge in [-0.2, -0.15) is 0 Å². The number of aliphatic hydroxyl groups is 1. The standard InChI is InChI=1S/C11H20O4/c1-3-13-11(14-4-2)10(12)9-7-5-6-8-15-9/h7,10-12H,3-6,8H2,1-2H3.